The van der Waals surface area contributed by atoms with E-state index < -0.39 is 0 Å². The molecule has 1 saturated heterocycles. The van der Waals surface area contributed by atoms with Crippen LogP contribution in [0.15, 0.2) is 72.9 Å². The Morgan fingerprint density at radius 3 is 2.62 bits per heavy atom. The molecule has 4 aromatic rings. The number of thiocarbonyl (C=S) groups is 1. The van der Waals surface area contributed by atoms with Crippen LogP contribution in [0, 0.1) is 20.8 Å². The number of hydrogen-bond donors (Lipinski definition) is 2. The van der Waals surface area contributed by atoms with Gasteiger partial charge in [-0.3, -0.25) is 9.78 Å². The Morgan fingerprint density at radius 2 is 1.88 bits per heavy atom. The minimum absolute atomic E-state index is 0.118. The zero-order valence-electron chi connectivity index (χ0n) is 22.9. The Bertz CT molecular complexity index is 1550. The number of pyridine rings is 1. The summed E-state index contributed by atoms with van der Waals surface area (Å²) >= 11 is 12.3. The molecular formula is C31H32ClN5O2S. The lowest BCUT2D eigenvalue weighted by Crippen LogP contribution is -2.33. The van der Waals surface area contributed by atoms with Crippen LogP contribution in [0.2, 0.25) is 5.02 Å². The summed E-state index contributed by atoms with van der Waals surface area (Å²) in [6, 6.07) is 21.1. The number of rotatable bonds is 8. The molecule has 2 N–H and O–H groups in total. The average molecular weight is 574 g/mol. The number of benzene rings is 2. The Balaban J connectivity index is 1.49. The Morgan fingerprint density at radius 1 is 1.10 bits per heavy atom. The van der Waals surface area contributed by atoms with Gasteiger partial charge < -0.3 is 24.8 Å². The van der Waals surface area contributed by atoms with Gasteiger partial charge >= 0.3 is 0 Å². The summed E-state index contributed by atoms with van der Waals surface area (Å²) in [5.41, 5.74) is 6.88. The zero-order valence-corrected chi connectivity index (χ0v) is 24.5. The monoisotopic (exact) mass is 573 g/mol. The molecule has 1 amide bonds. The SMILES string of the molecule is COc1ccccc1NC(=O)CCN1C(=S)N[C@@H](c2ccccn2)[C@@H]1c1cc(C)n(-c2cccc(Cl)c2C)c1C. The van der Waals surface area contributed by atoms with Crippen LogP contribution in [0.5, 0.6) is 5.75 Å². The maximum Gasteiger partial charge on any atom is 0.226 e. The van der Waals surface area contributed by atoms with Gasteiger partial charge in [0.25, 0.3) is 0 Å². The van der Waals surface area contributed by atoms with E-state index in [9.17, 15) is 4.79 Å². The second-order valence-corrected chi connectivity index (χ2v) is 10.7. The number of nitrogens with zero attached hydrogens (tertiary/aromatic N) is 3. The lowest BCUT2D eigenvalue weighted by Gasteiger charge is -2.28. The molecule has 9 heteroatoms. The number of anilines is 1. The topological polar surface area (TPSA) is 71.4 Å². The van der Waals surface area contributed by atoms with E-state index in [1.807, 2.05) is 61.5 Å². The molecule has 0 aliphatic carbocycles. The molecule has 1 aliphatic heterocycles. The van der Waals surface area contributed by atoms with Crippen molar-refractivity contribution in [3.05, 3.63) is 106 Å². The fourth-order valence-corrected chi connectivity index (χ4v) is 5.96. The summed E-state index contributed by atoms with van der Waals surface area (Å²) in [5, 5.41) is 7.78. The zero-order chi connectivity index (χ0) is 28.4. The van der Waals surface area contributed by atoms with Crippen LogP contribution in [-0.4, -0.2) is 39.1 Å². The smallest absolute Gasteiger partial charge is 0.226 e. The number of ether oxygens (including phenoxy) is 1. The van der Waals surface area contributed by atoms with E-state index >= 15 is 0 Å². The standard InChI is InChI=1S/C31H32ClN5O2S/c1-19-18-22(21(3)37(19)26-13-9-10-23(32)20(26)2)30-29(25-12-7-8-16-33-25)35-31(40)36(30)17-15-28(38)34-24-11-5-6-14-27(24)39-4/h5-14,16,18,29-30H,15,17H2,1-4H3,(H,34,38)(H,35,40)/t29-,30-/m0/s1. The Hall–Kier alpha value is -3.88. The minimum Gasteiger partial charge on any atom is -0.495 e. The minimum atomic E-state index is -0.180. The quantitative estimate of drug-likeness (QED) is 0.236. The number of carbonyl (C=O) groups excluding carboxylic acids is 1. The fourth-order valence-electron chi connectivity index (χ4n) is 5.46. The fraction of sp³-hybridized carbons (Fsp3) is 0.258. The third-order valence-electron chi connectivity index (χ3n) is 7.43. The van der Waals surface area contributed by atoms with Gasteiger partial charge in [0.1, 0.15) is 5.75 Å². The van der Waals surface area contributed by atoms with Gasteiger partial charge in [0.2, 0.25) is 5.91 Å². The van der Waals surface area contributed by atoms with Gasteiger partial charge in [-0.15, -0.1) is 0 Å². The van der Waals surface area contributed by atoms with Crippen LogP contribution >= 0.6 is 23.8 Å². The number of halogens is 1. The normalized spacial score (nSPS) is 16.6. The lowest BCUT2D eigenvalue weighted by atomic mass is 9.96. The van der Waals surface area contributed by atoms with Crippen LogP contribution < -0.4 is 15.4 Å². The van der Waals surface area contributed by atoms with Crippen molar-refractivity contribution in [1.29, 1.82) is 0 Å². The first kappa shape index (κ1) is 27.7. The number of amides is 1. The van der Waals surface area contributed by atoms with Crippen molar-refractivity contribution >= 4 is 40.5 Å². The van der Waals surface area contributed by atoms with Gasteiger partial charge in [0, 0.05) is 41.3 Å². The molecule has 7 nitrogen and oxygen atoms in total. The van der Waals surface area contributed by atoms with E-state index in [2.05, 4.69) is 51.1 Å². The van der Waals surface area contributed by atoms with Gasteiger partial charge in [-0.1, -0.05) is 35.9 Å². The van der Waals surface area contributed by atoms with Crippen molar-refractivity contribution in [2.75, 3.05) is 19.0 Å². The maximum atomic E-state index is 13.0. The largest absolute Gasteiger partial charge is 0.495 e. The number of para-hydroxylation sites is 2. The molecule has 0 spiro atoms. The Labute approximate surface area is 245 Å². The number of aromatic nitrogens is 2. The number of hydrogen-bond acceptors (Lipinski definition) is 4. The summed E-state index contributed by atoms with van der Waals surface area (Å²) in [6.45, 7) is 6.68. The second kappa shape index (κ2) is 11.7. The maximum absolute atomic E-state index is 13.0. The molecule has 0 unspecified atom stereocenters. The van der Waals surface area contributed by atoms with E-state index in [0.29, 0.717) is 23.1 Å². The molecule has 1 aliphatic rings. The van der Waals surface area contributed by atoms with E-state index in [0.717, 1.165) is 38.9 Å². The van der Waals surface area contributed by atoms with Crippen LogP contribution in [0.4, 0.5) is 5.69 Å². The molecule has 3 heterocycles. The first-order chi connectivity index (χ1) is 19.3. The predicted octanol–water partition coefficient (Wildman–Crippen LogP) is 6.46. The molecule has 2 aromatic carbocycles. The van der Waals surface area contributed by atoms with Gasteiger partial charge in [-0.05, 0) is 86.6 Å². The van der Waals surface area contributed by atoms with E-state index in [1.54, 1.807) is 13.3 Å². The molecular weight excluding hydrogens is 542 g/mol. The third-order valence-corrected chi connectivity index (χ3v) is 8.19. The molecule has 40 heavy (non-hydrogen) atoms. The molecule has 5 rings (SSSR count). The highest BCUT2D eigenvalue weighted by Crippen LogP contribution is 2.42. The number of nitrogens with one attached hydrogen (secondary N) is 2. The van der Waals surface area contributed by atoms with Gasteiger partial charge in [-0.25, -0.2) is 0 Å². The van der Waals surface area contributed by atoms with E-state index in [1.165, 1.54) is 0 Å². The van der Waals surface area contributed by atoms with Gasteiger partial charge in [0.15, 0.2) is 5.11 Å². The van der Waals surface area contributed by atoms with Crippen molar-refractivity contribution in [1.82, 2.24) is 19.8 Å². The molecule has 0 saturated carbocycles. The summed E-state index contributed by atoms with van der Waals surface area (Å²) in [5.74, 6) is 0.499. The molecule has 206 valence electrons. The first-order valence-corrected chi connectivity index (χ1v) is 13.9. The summed E-state index contributed by atoms with van der Waals surface area (Å²) in [7, 11) is 1.59. The predicted molar refractivity (Wildman–Crippen MR) is 163 cm³/mol. The number of aryl methyl sites for hydroxylation is 1. The Kier molecular flexibility index (Phi) is 8.09. The van der Waals surface area contributed by atoms with E-state index in [-0.39, 0.29) is 24.4 Å². The van der Waals surface area contributed by atoms with Crippen molar-refractivity contribution in [3.63, 3.8) is 0 Å². The van der Waals surface area contributed by atoms with Crippen molar-refractivity contribution in [2.24, 2.45) is 0 Å². The molecule has 2 atom stereocenters. The summed E-state index contributed by atoms with van der Waals surface area (Å²) < 4.78 is 7.62. The molecule has 0 radical (unpaired) electrons. The van der Waals surface area contributed by atoms with Gasteiger partial charge in [0.05, 0.1) is 30.6 Å². The molecule has 2 aromatic heterocycles. The van der Waals surface area contributed by atoms with Crippen LogP contribution in [0.1, 0.15) is 46.7 Å². The number of methoxy groups -OCH3 is 1. The van der Waals surface area contributed by atoms with E-state index in [4.69, 9.17) is 28.6 Å². The second-order valence-electron chi connectivity index (χ2n) is 9.86. The highest BCUT2D eigenvalue weighted by atomic mass is 35.5. The van der Waals surface area contributed by atoms with Crippen LogP contribution in [-0.2, 0) is 4.79 Å². The summed E-state index contributed by atoms with van der Waals surface area (Å²) in [4.78, 5) is 19.8. The highest BCUT2D eigenvalue weighted by molar-refractivity contribution is 7.80. The van der Waals surface area contributed by atoms with Crippen molar-refractivity contribution in [2.45, 2.75) is 39.3 Å². The molecule has 1 fully saturated rings. The third kappa shape index (κ3) is 5.29. The highest BCUT2D eigenvalue weighted by Gasteiger charge is 2.41. The number of carbonyl (C=O) groups is 1. The average Bonchev–Trinajstić information content (AvgIpc) is 3.44. The summed E-state index contributed by atoms with van der Waals surface area (Å²) in [6.07, 6.45) is 2.04. The van der Waals surface area contributed by atoms with Crippen LogP contribution in [0.3, 0.4) is 0 Å². The lowest BCUT2D eigenvalue weighted by molar-refractivity contribution is -0.116. The van der Waals surface area contributed by atoms with Crippen LogP contribution in [0.25, 0.3) is 5.69 Å². The molecule has 0 bridgehead atoms. The van der Waals surface area contributed by atoms with Crippen molar-refractivity contribution in [3.8, 4) is 11.4 Å². The van der Waals surface area contributed by atoms with Crippen molar-refractivity contribution < 1.29 is 9.53 Å². The first-order valence-electron chi connectivity index (χ1n) is 13.2. The van der Waals surface area contributed by atoms with Gasteiger partial charge in [-0.2, -0.15) is 0 Å².